The van der Waals surface area contributed by atoms with E-state index in [9.17, 15) is 9.90 Å². The van der Waals surface area contributed by atoms with Gasteiger partial charge in [0.25, 0.3) is 0 Å². The van der Waals surface area contributed by atoms with Crippen molar-refractivity contribution in [2.45, 2.75) is 44.4 Å². The molecule has 116 valence electrons. The Labute approximate surface area is 135 Å². The lowest BCUT2D eigenvalue weighted by Gasteiger charge is -2.12. The van der Waals surface area contributed by atoms with Crippen molar-refractivity contribution in [3.05, 3.63) is 52.5 Å². The Balaban J connectivity index is 2.33. The maximum absolute atomic E-state index is 11.5. The second kappa shape index (κ2) is 6.92. The number of benzene rings is 1. The predicted octanol–water partition coefficient (Wildman–Crippen LogP) is 4.21. The van der Waals surface area contributed by atoms with Crippen molar-refractivity contribution >= 4 is 17.7 Å². The molecule has 22 heavy (non-hydrogen) atoms. The first-order valence-electron chi connectivity index (χ1n) is 7.18. The van der Waals surface area contributed by atoms with Crippen LogP contribution in [-0.2, 0) is 5.75 Å². The summed E-state index contributed by atoms with van der Waals surface area (Å²) in [7, 11) is 0. The lowest BCUT2D eigenvalue weighted by molar-refractivity contribution is 0.0690. The SMILES string of the molecule is Cc1cccc(CSc2nc(C(C)C)nc(C)c2C(=O)O)c1. The highest BCUT2D eigenvalue weighted by atomic mass is 32.2. The Morgan fingerprint density at radius 2 is 2.00 bits per heavy atom. The number of aryl methyl sites for hydroxylation is 2. The fraction of sp³-hybridized carbons (Fsp3) is 0.353. The van der Waals surface area contributed by atoms with Gasteiger partial charge in [-0.2, -0.15) is 0 Å². The topological polar surface area (TPSA) is 63.1 Å². The molecule has 1 heterocycles. The monoisotopic (exact) mass is 316 g/mol. The van der Waals surface area contributed by atoms with Crippen LogP contribution in [0.15, 0.2) is 29.3 Å². The van der Waals surface area contributed by atoms with Crippen LogP contribution in [0.4, 0.5) is 0 Å². The zero-order valence-electron chi connectivity index (χ0n) is 13.3. The third-order valence-corrected chi connectivity index (χ3v) is 4.31. The highest BCUT2D eigenvalue weighted by molar-refractivity contribution is 7.98. The molecule has 0 atom stereocenters. The number of aromatic nitrogens is 2. The van der Waals surface area contributed by atoms with E-state index in [1.807, 2.05) is 39.0 Å². The average Bonchev–Trinajstić information content (AvgIpc) is 2.44. The first-order chi connectivity index (χ1) is 10.4. The summed E-state index contributed by atoms with van der Waals surface area (Å²) in [6.45, 7) is 7.78. The molecule has 2 aromatic rings. The Bertz CT molecular complexity index is 699. The van der Waals surface area contributed by atoms with Gasteiger partial charge < -0.3 is 5.11 Å². The van der Waals surface area contributed by atoms with E-state index in [0.29, 0.717) is 22.3 Å². The Kier molecular flexibility index (Phi) is 5.19. The molecule has 2 rings (SSSR count). The van der Waals surface area contributed by atoms with Gasteiger partial charge in [-0.3, -0.25) is 0 Å². The second-order valence-corrected chi connectivity index (χ2v) is 6.55. The summed E-state index contributed by atoms with van der Waals surface area (Å²) in [5, 5.41) is 9.97. The van der Waals surface area contributed by atoms with Crippen molar-refractivity contribution in [3.63, 3.8) is 0 Å². The van der Waals surface area contributed by atoms with E-state index in [-0.39, 0.29) is 11.5 Å². The van der Waals surface area contributed by atoms with Crippen LogP contribution in [0.3, 0.4) is 0 Å². The zero-order valence-corrected chi connectivity index (χ0v) is 14.1. The van der Waals surface area contributed by atoms with Gasteiger partial charge in [0.1, 0.15) is 16.4 Å². The molecule has 1 aromatic heterocycles. The zero-order chi connectivity index (χ0) is 16.3. The molecule has 4 nitrogen and oxygen atoms in total. The van der Waals surface area contributed by atoms with E-state index in [1.165, 1.54) is 17.3 Å². The molecule has 0 bridgehead atoms. The van der Waals surface area contributed by atoms with Gasteiger partial charge in [-0.05, 0) is 19.4 Å². The van der Waals surface area contributed by atoms with Crippen LogP contribution in [0.2, 0.25) is 0 Å². The van der Waals surface area contributed by atoms with Gasteiger partial charge >= 0.3 is 5.97 Å². The number of carbonyl (C=O) groups is 1. The summed E-state index contributed by atoms with van der Waals surface area (Å²) >= 11 is 1.45. The summed E-state index contributed by atoms with van der Waals surface area (Å²) in [6.07, 6.45) is 0. The molecule has 0 fully saturated rings. The van der Waals surface area contributed by atoms with E-state index >= 15 is 0 Å². The third kappa shape index (κ3) is 3.85. The normalized spacial score (nSPS) is 11.0. The summed E-state index contributed by atoms with van der Waals surface area (Å²) in [5.41, 5.74) is 3.09. The van der Waals surface area contributed by atoms with Crippen LogP contribution in [-0.4, -0.2) is 21.0 Å². The number of hydrogen-bond donors (Lipinski definition) is 1. The van der Waals surface area contributed by atoms with Crippen molar-refractivity contribution in [1.29, 1.82) is 0 Å². The van der Waals surface area contributed by atoms with Crippen molar-refractivity contribution in [3.8, 4) is 0 Å². The van der Waals surface area contributed by atoms with Crippen LogP contribution in [0.5, 0.6) is 0 Å². The minimum absolute atomic E-state index is 0.167. The third-order valence-electron chi connectivity index (χ3n) is 3.26. The first kappa shape index (κ1) is 16.5. The molecule has 0 saturated carbocycles. The molecule has 1 aromatic carbocycles. The van der Waals surface area contributed by atoms with E-state index in [0.717, 1.165) is 5.56 Å². The first-order valence-corrected chi connectivity index (χ1v) is 8.17. The summed E-state index contributed by atoms with van der Waals surface area (Å²) in [4.78, 5) is 20.3. The van der Waals surface area contributed by atoms with Gasteiger partial charge in [-0.1, -0.05) is 43.7 Å². The van der Waals surface area contributed by atoms with Crippen LogP contribution in [0.1, 0.15) is 52.8 Å². The molecule has 0 amide bonds. The molecule has 5 heteroatoms. The number of carboxylic acid groups (broad SMARTS) is 1. The molecule has 0 aliphatic carbocycles. The van der Waals surface area contributed by atoms with E-state index in [4.69, 9.17) is 0 Å². The number of hydrogen-bond acceptors (Lipinski definition) is 4. The van der Waals surface area contributed by atoms with Gasteiger partial charge in [0.2, 0.25) is 0 Å². The lowest BCUT2D eigenvalue weighted by atomic mass is 10.2. The number of thioether (sulfide) groups is 1. The van der Waals surface area contributed by atoms with Crippen molar-refractivity contribution < 1.29 is 9.90 Å². The van der Waals surface area contributed by atoms with E-state index in [2.05, 4.69) is 16.0 Å². The van der Waals surface area contributed by atoms with Crippen LogP contribution >= 0.6 is 11.8 Å². The standard InChI is InChI=1S/C17H20N2O2S/c1-10(2)15-18-12(4)14(17(20)21)16(19-15)22-9-13-7-5-6-11(3)8-13/h5-8,10H,9H2,1-4H3,(H,20,21). The quantitative estimate of drug-likeness (QED) is 0.661. The fourth-order valence-corrected chi connectivity index (χ4v) is 3.15. The molecule has 0 radical (unpaired) electrons. The molecule has 0 spiro atoms. The fourth-order valence-electron chi connectivity index (χ4n) is 2.13. The summed E-state index contributed by atoms with van der Waals surface area (Å²) in [6, 6.07) is 8.19. The highest BCUT2D eigenvalue weighted by Gasteiger charge is 2.19. The number of carboxylic acids is 1. The molecule has 0 saturated heterocycles. The summed E-state index contributed by atoms with van der Waals surface area (Å²) in [5.74, 6) is 0.573. The molecule has 1 N–H and O–H groups in total. The average molecular weight is 316 g/mol. The minimum atomic E-state index is -0.973. The number of rotatable bonds is 5. The molecule has 0 aliphatic rings. The highest BCUT2D eigenvalue weighted by Crippen LogP contribution is 2.28. The van der Waals surface area contributed by atoms with E-state index in [1.54, 1.807) is 6.92 Å². The largest absolute Gasteiger partial charge is 0.478 e. The van der Waals surface area contributed by atoms with Gasteiger partial charge in [0.15, 0.2) is 0 Å². The lowest BCUT2D eigenvalue weighted by Crippen LogP contribution is -2.10. The van der Waals surface area contributed by atoms with Crippen LogP contribution in [0, 0.1) is 13.8 Å². The maximum atomic E-state index is 11.5. The predicted molar refractivity (Wildman–Crippen MR) is 88.6 cm³/mol. The Morgan fingerprint density at radius 3 is 2.59 bits per heavy atom. The molecule has 0 unspecified atom stereocenters. The van der Waals surface area contributed by atoms with E-state index < -0.39 is 5.97 Å². The van der Waals surface area contributed by atoms with Crippen molar-refractivity contribution in [2.24, 2.45) is 0 Å². The van der Waals surface area contributed by atoms with Gasteiger partial charge in [0, 0.05) is 11.7 Å². The van der Waals surface area contributed by atoms with Gasteiger partial charge in [0.05, 0.1) is 5.69 Å². The molecule has 0 aliphatic heterocycles. The minimum Gasteiger partial charge on any atom is -0.478 e. The van der Waals surface area contributed by atoms with Crippen molar-refractivity contribution in [1.82, 2.24) is 9.97 Å². The van der Waals surface area contributed by atoms with Gasteiger partial charge in [-0.25, -0.2) is 14.8 Å². The Hall–Kier alpha value is -1.88. The number of nitrogens with zero attached hydrogens (tertiary/aromatic N) is 2. The van der Waals surface area contributed by atoms with Gasteiger partial charge in [-0.15, -0.1) is 11.8 Å². The second-order valence-electron chi connectivity index (χ2n) is 5.58. The molecular formula is C17H20N2O2S. The van der Waals surface area contributed by atoms with Crippen LogP contribution < -0.4 is 0 Å². The maximum Gasteiger partial charge on any atom is 0.340 e. The Morgan fingerprint density at radius 1 is 1.27 bits per heavy atom. The van der Waals surface area contributed by atoms with Crippen LogP contribution in [0.25, 0.3) is 0 Å². The number of aromatic carboxylic acids is 1. The smallest absolute Gasteiger partial charge is 0.340 e. The van der Waals surface area contributed by atoms with Crippen molar-refractivity contribution in [2.75, 3.05) is 0 Å². The summed E-state index contributed by atoms with van der Waals surface area (Å²) < 4.78 is 0. The molecular weight excluding hydrogens is 296 g/mol.